The van der Waals surface area contributed by atoms with Gasteiger partial charge in [0.2, 0.25) is 0 Å². The molecule has 0 bridgehead atoms. The Morgan fingerprint density at radius 3 is 1.93 bits per heavy atom. The smallest absolute Gasteiger partial charge is 0.0629 e. The summed E-state index contributed by atoms with van der Waals surface area (Å²) in [5, 5.41) is 27.2. The Balaban J connectivity index is 2.31. The average molecular weight is 204 g/mol. The third kappa shape index (κ3) is 2.92. The molecule has 0 aliphatic heterocycles. The van der Waals surface area contributed by atoms with Crippen LogP contribution in [-0.2, 0) is 4.74 Å². The Labute approximate surface area is 84.5 Å². The van der Waals surface area contributed by atoms with Crippen molar-refractivity contribution in [3.63, 3.8) is 0 Å². The normalized spacial score (nSPS) is 19.1. The highest BCUT2D eigenvalue weighted by Crippen LogP contribution is 2.24. The fourth-order valence-electron chi connectivity index (χ4n) is 1.64. The molecule has 0 amide bonds. The minimum Gasteiger partial charge on any atom is -0.396 e. The van der Waals surface area contributed by atoms with Gasteiger partial charge in [0.1, 0.15) is 0 Å². The average Bonchev–Trinajstić information content (AvgIpc) is 2.74. The van der Waals surface area contributed by atoms with Gasteiger partial charge in [0.05, 0.1) is 37.9 Å². The van der Waals surface area contributed by atoms with Gasteiger partial charge in [-0.15, -0.1) is 0 Å². The van der Waals surface area contributed by atoms with E-state index < -0.39 is 5.41 Å². The summed E-state index contributed by atoms with van der Waals surface area (Å²) in [6, 6.07) is 0. The van der Waals surface area contributed by atoms with E-state index in [0.29, 0.717) is 0 Å². The summed E-state index contributed by atoms with van der Waals surface area (Å²) in [6.45, 7) is -0.493. The van der Waals surface area contributed by atoms with Gasteiger partial charge in [0.25, 0.3) is 0 Å². The first-order valence-corrected chi connectivity index (χ1v) is 5.20. The molecule has 1 aliphatic carbocycles. The van der Waals surface area contributed by atoms with Gasteiger partial charge in [-0.25, -0.2) is 0 Å². The largest absolute Gasteiger partial charge is 0.396 e. The molecule has 0 aromatic rings. The summed E-state index contributed by atoms with van der Waals surface area (Å²) >= 11 is 0. The Morgan fingerprint density at radius 2 is 1.50 bits per heavy atom. The molecular weight excluding hydrogens is 184 g/mol. The molecule has 0 aromatic carbocycles. The summed E-state index contributed by atoms with van der Waals surface area (Å²) in [4.78, 5) is 0. The quantitative estimate of drug-likeness (QED) is 0.565. The second-order valence-electron chi connectivity index (χ2n) is 4.19. The topological polar surface area (TPSA) is 69.9 Å². The van der Waals surface area contributed by atoms with Crippen molar-refractivity contribution in [1.82, 2.24) is 0 Å². The van der Waals surface area contributed by atoms with Gasteiger partial charge in [-0.1, -0.05) is 12.8 Å². The van der Waals surface area contributed by atoms with E-state index in [1.807, 2.05) is 0 Å². The minimum absolute atomic E-state index is 0.237. The number of aliphatic hydroxyl groups is 3. The second kappa shape index (κ2) is 5.66. The van der Waals surface area contributed by atoms with Crippen LogP contribution in [0.25, 0.3) is 0 Å². The molecular formula is C10H20O4. The maximum Gasteiger partial charge on any atom is 0.0629 e. The van der Waals surface area contributed by atoms with Gasteiger partial charge in [0.15, 0.2) is 0 Å². The van der Waals surface area contributed by atoms with Crippen molar-refractivity contribution >= 4 is 0 Å². The van der Waals surface area contributed by atoms with Gasteiger partial charge in [-0.2, -0.15) is 0 Å². The third-order valence-corrected chi connectivity index (χ3v) is 2.93. The molecule has 0 aromatic heterocycles. The van der Waals surface area contributed by atoms with Crippen LogP contribution in [-0.4, -0.2) is 47.9 Å². The highest BCUT2D eigenvalue weighted by molar-refractivity contribution is 4.78. The predicted molar refractivity (Wildman–Crippen MR) is 51.9 cm³/mol. The van der Waals surface area contributed by atoms with E-state index in [4.69, 9.17) is 20.1 Å². The molecule has 0 atom stereocenters. The lowest BCUT2D eigenvalue weighted by atomic mass is 9.92. The minimum atomic E-state index is -0.872. The van der Waals surface area contributed by atoms with Crippen LogP contribution < -0.4 is 0 Å². The highest BCUT2D eigenvalue weighted by Gasteiger charge is 2.30. The monoisotopic (exact) mass is 204 g/mol. The molecule has 1 rings (SSSR count). The first-order chi connectivity index (χ1) is 6.76. The molecule has 1 aliphatic rings. The summed E-state index contributed by atoms with van der Waals surface area (Å²) in [6.07, 6.45) is 4.74. The van der Waals surface area contributed by atoms with Crippen molar-refractivity contribution in [3.8, 4) is 0 Å². The van der Waals surface area contributed by atoms with Crippen LogP contribution in [0.1, 0.15) is 25.7 Å². The molecule has 3 N–H and O–H groups in total. The number of aliphatic hydroxyl groups excluding tert-OH is 3. The number of hydrogen-bond donors (Lipinski definition) is 3. The van der Waals surface area contributed by atoms with Gasteiger partial charge in [-0.05, 0) is 12.8 Å². The SMILES string of the molecule is OCC(CO)(CO)COC1CCCC1. The number of rotatable bonds is 6. The summed E-state index contributed by atoms with van der Waals surface area (Å²) in [5.41, 5.74) is -0.872. The Hall–Kier alpha value is -0.160. The molecule has 0 radical (unpaired) electrons. The van der Waals surface area contributed by atoms with Crippen LogP contribution in [0.15, 0.2) is 0 Å². The van der Waals surface area contributed by atoms with E-state index in [1.54, 1.807) is 0 Å². The predicted octanol–water partition coefficient (Wildman–Crippen LogP) is -0.0911. The first kappa shape index (κ1) is 11.9. The molecule has 0 saturated heterocycles. The second-order valence-corrected chi connectivity index (χ2v) is 4.19. The molecule has 0 spiro atoms. The highest BCUT2D eigenvalue weighted by atomic mass is 16.5. The van der Waals surface area contributed by atoms with Crippen LogP contribution in [0.5, 0.6) is 0 Å². The van der Waals surface area contributed by atoms with Crippen LogP contribution in [0.2, 0.25) is 0 Å². The molecule has 84 valence electrons. The lowest BCUT2D eigenvalue weighted by Gasteiger charge is -2.28. The molecule has 14 heavy (non-hydrogen) atoms. The molecule has 1 fully saturated rings. The summed E-state index contributed by atoms with van der Waals surface area (Å²) in [7, 11) is 0. The fourth-order valence-corrected chi connectivity index (χ4v) is 1.64. The van der Waals surface area contributed by atoms with Crippen molar-refractivity contribution in [3.05, 3.63) is 0 Å². The van der Waals surface area contributed by atoms with Crippen LogP contribution in [0.4, 0.5) is 0 Å². The van der Waals surface area contributed by atoms with E-state index in [0.717, 1.165) is 12.8 Å². The number of hydrogen-bond acceptors (Lipinski definition) is 4. The van der Waals surface area contributed by atoms with E-state index >= 15 is 0 Å². The Morgan fingerprint density at radius 1 is 1.00 bits per heavy atom. The zero-order chi connectivity index (χ0) is 10.4. The lowest BCUT2D eigenvalue weighted by Crippen LogP contribution is -2.39. The molecule has 0 heterocycles. The van der Waals surface area contributed by atoms with E-state index in [9.17, 15) is 0 Å². The van der Waals surface area contributed by atoms with Crippen molar-refractivity contribution in [2.24, 2.45) is 5.41 Å². The van der Waals surface area contributed by atoms with Crippen LogP contribution >= 0.6 is 0 Å². The van der Waals surface area contributed by atoms with Crippen molar-refractivity contribution in [1.29, 1.82) is 0 Å². The molecule has 0 unspecified atom stereocenters. The standard InChI is InChI=1S/C10H20O4/c11-5-10(6-12,7-13)8-14-9-3-1-2-4-9/h9,11-13H,1-8H2. The van der Waals surface area contributed by atoms with Crippen molar-refractivity contribution in [2.75, 3.05) is 26.4 Å². The summed E-state index contributed by atoms with van der Waals surface area (Å²) in [5.74, 6) is 0. The van der Waals surface area contributed by atoms with E-state index in [2.05, 4.69) is 0 Å². The van der Waals surface area contributed by atoms with E-state index in [-0.39, 0.29) is 32.5 Å². The lowest BCUT2D eigenvalue weighted by molar-refractivity contribution is -0.0781. The van der Waals surface area contributed by atoms with Gasteiger partial charge in [0, 0.05) is 0 Å². The van der Waals surface area contributed by atoms with Crippen molar-refractivity contribution < 1.29 is 20.1 Å². The molecule has 1 saturated carbocycles. The zero-order valence-electron chi connectivity index (χ0n) is 8.48. The number of ether oxygens (including phenoxy) is 1. The third-order valence-electron chi connectivity index (χ3n) is 2.93. The Kier molecular flexibility index (Phi) is 4.81. The summed E-state index contributed by atoms with van der Waals surface area (Å²) < 4.78 is 5.56. The van der Waals surface area contributed by atoms with Gasteiger partial charge < -0.3 is 20.1 Å². The maximum absolute atomic E-state index is 9.05. The van der Waals surface area contributed by atoms with Gasteiger partial charge in [-0.3, -0.25) is 0 Å². The van der Waals surface area contributed by atoms with Crippen LogP contribution in [0.3, 0.4) is 0 Å². The molecule has 4 heteroatoms. The molecule has 4 nitrogen and oxygen atoms in total. The first-order valence-electron chi connectivity index (χ1n) is 5.20. The van der Waals surface area contributed by atoms with Crippen LogP contribution in [0, 0.1) is 5.41 Å². The Bertz CT molecular complexity index is 142. The van der Waals surface area contributed by atoms with Gasteiger partial charge >= 0.3 is 0 Å². The van der Waals surface area contributed by atoms with Crippen molar-refractivity contribution in [2.45, 2.75) is 31.8 Å². The fraction of sp³-hybridized carbons (Fsp3) is 1.00. The van der Waals surface area contributed by atoms with E-state index in [1.165, 1.54) is 12.8 Å². The maximum atomic E-state index is 9.05. The zero-order valence-corrected chi connectivity index (χ0v) is 8.48.